The van der Waals surface area contributed by atoms with Crippen molar-refractivity contribution in [3.63, 3.8) is 0 Å². The third-order valence-corrected chi connectivity index (χ3v) is 6.24. The van der Waals surface area contributed by atoms with Gasteiger partial charge in [0.25, 0.3) is 0 Å². The molecule has 2 N–H and O–H groups in total. The summed E-state index contributed by atoms with van der Waals surface area (Å²) >= 11 is 5.43. The van der Waals surface area contributed by atoms with Crippen molar-refractivity contribution in [3.05, 3.63) is 71.8 Å². The fourth-order valence-electron chi connectivity index (χ4n) is 4.24. The van der Waals surface area contributed by atoms with Crippen LogP contribution in [0.3, 0.4) is 0 Å². The largest absolute Gasteiger partial charge is 0.331 e. The Morgan fingerprint density at radius 3 is 2.41 bits per heavy atom. The molecule has 3 aliphatic carbocycles. The molecule has 2 aromatic carbocycles. The summed E-state index contributed by atoms with van der Waals surface area (Å²) in [4.78, 5) is 0. The number of anilines is 1. The number of hydrazone groups is 1. The highest BCUT2D eigenvalue weighted by atomic mass is 32.1. The minimum Gasteiger partial charge on any atom is -0.331 e. The predicted molar refractivity (Wildman–Crippen MR) is 118 cm³/mol. The molecule has 138 valence electrons. The third-order valence-electron chi connectivity index (χ3n) is 6.05. The Bertz CT molecular complexity index is 884. The molecule has 0 radical (unpaired) electrons. The maximum atomic E-state index is 5.43. The number of para-hydroxylation sites is 1. The molecule has 0 spiro atoms. The standard InChI is InChI=1S/C23H25N3S/c1-23(2)18-14-17(13-16-9-5-3-6-10-16)21(20(23)15-18)25-26-22(27)24-19-11-7-4-8-12-19/h3-13,18,20H,14-15H2,1-2H3,(H2,24,26,27)/b17-13+,25-21+. The van der Waals surface area contributed by atoms with Crippen molar-refractivity contribution >= 4 is 34.8 Å². The molecule has 0 saturated heterocycles. The van der Waals surface area contributed by atoms with Gasteiger partial charge in [-0.05, 0) is 65.7 Å². The Morgan fingerprint density at radius 1 is 1.07 bits per heavy atom. The first-order chi connectivity index (χ1) is 13.0. The minimum absolute atomic E-state index is 0.309. The van der Waals surface area contributed by atoms with Gasteiger partial charge in [-0.25, -0.2) is 0 Å². The Balaban J connectivity index is 1.55. The van der Waals surface area contributed by atoms with E-state index >= 15 is 0 Å². The predicted octanol–water partition coefficient (Wildman–Crippen LogP) is 5.48. The molecule has 3 saturated carbocycles. The van der Waals surface area contributed by atoms with Crippen LogP contribution in [0.5, 0.6) is 0 Å². The van der Waals surface area contributed by atoms with Gasteiger partial charge in [-0.15, -0.1) is 0 Å². The molecule has 2 bridgehead atoms. The van der Waals surface area contributed by atoms with Crippen molar-refractivity contribution in [1.82, 2.24) is 5.43 Å². The van der Waals surface area contributed by atoms with Crippen LogP contribution in [0.15, 0.2) is 71.3 Å². The lowest BCUT2D eigenvalue weighted by Crippen LogP contribution is -2.54. The van der Waals surface area contributed by atoms with Gasteiger partial charge in [-0.2, -0.15) is 5.10 Å². The molecule has 27 heavy (non-hydrogen) atoms. The lowest BCUT2D eigenvalue weighted by molar-refractivity contribution is 0.0141. The van der Waals surface area contributed by atoms with E-state index in [0.29, 0.717) is 16.4 Å². The number of rotatable bonds is 3. The molecule has 0 heterocycles. The van der Waals surface area contributed by atoms with Crippen molar-refractivity contribution in [2.24, 2.45) is 22.4 Å². The van der Waals surface area contributed by atoms with Gasteiger partial charge in [0.1, 0.15) is 0 Å². The summed E-state index contributed by atoms with van der Waals surface area (Å²) in [6.07, 6.45) is 4.58. The van der Waals surface area contributed by atoms with Crippen LogP contribution in [0, 0.1) is 17.3 Å². The maximum Gasteiger partial charge on any atom is 0.191 e. The van der Waals surface area contributed by atoms with E-state index in [2.05, 4.69) is 54.9 Å². The van der Waals surface area contributed by atoms with E-state index in [-0.39, 0.29) is 0 Å². The monoisotopic (exact) mass is 375 g/mol. The number of nitrogens with zero attached hydrogens (tertiary/aromatic N) is 1. The Hall–Kier alpha value is -2.46. The molecule has 2 atom stereocenters. The molecule has 5 rings (SSSR count). The lowest BCUT2D eigenvalue weighted by Gasteiger charge is -2.57. The molecule has 2 aromatic rings. The van der Waals surface area contributed by atoms with Gasteiger partial charge >= 0.3 is 0 Å². The molecule has 3 nitrogen and oxygen atoms in total. The summed E-state index contributed by atoms with van der Waals surface area (Å²) in [6.45, 7) is 4.72. The second-order valence-electron chi connectivity index (χ2n) is 8.02. The molecule has 2 unspecified atom stereocenters. The molecule has 0 amide bonds. The molecule has 0 aromatic heterocycles. The zero-order valence-corrected chi connectivity index (χ0v) is 16.6. The first kappa shape index (κ1) is 17.9. The van der Waals surface area contributed by atoms with E-state index in [1.165, 1.54) is 17.6 Å². The maximum absolute atomic E-state index is 5.43. The fraction of sp³-hybridized carbons (Fsp3) is 0.304. The molecule has 3 aliphatic rings. The Morgan fingerprint density at radius 2 is 1.74 bits per heavy atom. The van der Waals surface area contributed by atoms with Crippen LogP contribution in [0.2, 0.25) is 0 Å². The smallest absolute Gasteiger partial charge is 0.191 e. The van der Waals surface area contributed by atoms with Crippen LogP contribution in [0.4, 0.5) is 5.69 Å². The van der Waals surface area contributed by atoms with Crippen molar-refractivity contribution in [3.8, 4) is 0 Å². The summed E-state index contributed by atoms with van der Waals surface area (Å²) in [5.74, 6) is 1.23. The number of hydrogen-bond acceptors (Lipinski definition) is 2. The summed E-state index contributed by atoms with van der Waals surface area (Å²) < 4.78 is 0. The van der Waals surface area contributed by atoms with Crippen LogP contribution in [-0.2, 0) is 0 Å². The van der Waals surface area contributed by atoms with E-state index < -0.39 is 0 Å². The Kier molecular flexibility index (Phi) is 4.83. The summed E-state index contributed by atoms with van der Waals surface area (Å²) in [7, 11) is 0. The number of nitrogens with one attached hydrogen (secondary N) is 2. The number of benzene rings is 2. The van der Waals surface area contributed by atoms with E-state index in [1.54, 1.807) is 0 Å². The van der Waals surface area contributed by atoms with Crippen LogP contribution >= 0.6 is 12.2 Å². The minimum atomic E-state index is 0.309. The summed E-state index contributed by atoms with van der Waals surface area (Å²) in [5, 5.41) is 8.47. The van der Waals surface area contributed by atoms with Crippen molar-refractivity contribution in [2.45, 2.75) is 26.7 Å². The average Bonchev–Trinajstić information content (AvgIpc) is 2.68. The van der Waals surface area contributed by atoms with Gasteiger partial charge in [0, 0.05) is 11.6 Å². The fourth-order valence-corrected chi connectivity index (χ4v) is 4.41. The van der Waals surface area contributed by atoms with Gasteiger partial charge in [-0.1, -0.05) is 62.4 Å². The van der Waals surface area contributed by atoms with Crippen molar-refractivity contribution < 1.29 is 0 Å². The van der Waals surface area contributed by atoms with E-state index in [1.807, 2.05) is 36.4 Å². The quantitative estimate of drug-likeness (QED) is 0.551. The number of allylic oxidation sites excluding steroid dienone is 1. The van der Waals surface area contributed by atoms with Crippen LogP contribution in [0.25, 0.3) is 6.08 Å². The molecule has 0 aliphatic heterocycles. The van der Waals surface area contributed by atoms with Crippen LogP contribution < -0.4 is 10.7 Å². The first-order valence-corrected chi connectivity index (χ1v) is 9.90. The average molecular weight is 376 g/mol. The SMILES string of the molecule is CC1(C)C2CC(=C\c3ccccc3)/C(=N\NC(=S)Nc3ccccc3)C1C2. The normalized spacial score (nSPS) is 25.7. The third kappa shape index (κ3) is 3.67. The highest BCUT2D eigenvalue weighted by molar-refractivity contribution is 7.80. The van der Waals surface area contributed by atoms with Crippen LogP contribution in [-0.4, -0.2) is 10.8 Å². The summed E-state index contributed by atoms with van der Waals surface area (Å²) in [5.41, 5.74) is 8.06. The lowest BCUT2D eigenvalue weighted by atomic mass is 9.47. The number of thiocarbonyl (C=S) groups is 1. The van der Waals surface area contributed by atoms with Gasteiger partial charge in [0.2, 0.25) is 0 Å². The highest BCUT2D eigenvalue weighted by Gasteiger charge is 2.54. The zero-order valence-electron chi connectivity index (χ0n) is 15.8. The van der Waals surface area contributed by atoms with Gasteiger partial charge in [0.15, 0.2) is 5.11 Å². The molecule has 4 heteroatoms. The Labute approximate surface area is 166 Å². The number of hydrogen-bond donors (Lipinski definition) is 2. The second-order valence-corrected chi connectivity index (χ2v) is 8.43. The van der Waals surface area contributed by atoms with Gasteiger partial charge < -0.3 is 5.32 Å². The number of fused-ring (bicyclic) bond motifs is 2. The molecule has 3 fully saturated rings. The highest BCUT2D eigenvalue weighted by Crippen LogP contribution is 2.59. The van der Waals surface area contributed by atoms with Crippen LogP contribution in [0.1, 0.15) is 32.3 Å². The molecular weight excluding hydrogens is 350 g/mol. The topological polar surface area (TPSA) is 36.4 Å². The van der Waals surface area contributed by atoms with E-state index in [9.17, 15) is 0 Å². The van der Waals surface area contributed by atoms with E-state index in [0.717, 1.165) is 23.7 Å². The van der Waals surface area contributed by atoms with Gasteiger partial charge in [-0.3, -0.25) is 5.43 Å². The van der Waals surface area contributed by atoms with E-state index in [4.69, 9.17) is 17.3 Å². The molecular formula is C23H25N3S. The zero-order chi connectivity index (χ0) is 18.9. The van der Waals surface area contributed by atoms with Gasteiger partial charge in [0.05, 0.1) is 5.71 Å². The summed E-state index contributed by atoms with van der Waals surface area (Å²) in [6, 6.07) is 20.4. The van der Waals surface area contributed by atoms with Crippen molar-refractivity contribution in [2.75, 3.05) is 5.32 Å². The van der Waals surface area contributed by atoms with Crippen molar-refractivity contribution in [1.29, 1.82) is 0 Å². The second kappa shape index (κ2) is 7.28. The first-order valence-electron chi connectivity index (χ1n) is 9.49.